The number of carbonyl (C=O) groups is 1. The largest absolute Gasteiger partial charge is 0.481 e. The lowest BCUT2D eigenvalue weighted by molar-refractivity contribution is -0.139. The summed E-state index contributed by atoms with van der Waals surface area (Å²) >= 11 is 3.46. The van der Waals surface area contributed by atoms with Gasteiger partial charge in [0.25, 0.3) is 0 Å². The molecule has 0 fully saturated rings. The molecule has 0 saturated carbocycles. The maximum Gasteiger partial charge on any atom is 0.312 e. The summed E-state index contributed by atoms with van der Waals surface area (Å²) in [6.07, 6.45) is 0.587. The molecular formula is C20H18BrN3O3. The number of hydrogen-bond acceptors (Lipinski definition) is 5. The van der Waals surface area contributed by atoms with Crippen molar-refractivity contribution in [1.82, 2.24) is 15.0 Å². The third kappa shape index (κ3) is 4.09. The molecule has 138 valence electrons. The van der Waals surface area contributed by atoms with E-state index in [1.165, 1.54) is 0 Å². The van der Waals surface area contributed by atoms with Gasteiger partial charge in [0.05, 0.1) is 12.5 Å². The Bertz CT molecular complexity index is 972. The minimum Gasteiger partial charge on any atom is -0.481 e. The second-order valence-electron chi connectivity index (χ2n) is 6.67. The van der Waals surface area contributed by atoms with Crippen LogP contribution in [0.3, 0.4) is 0 Å². The van der Waals surface area contributed by atoms with Gasteiger partial charge in [0.15, 0.2) is 5.82 Å². The molecule has 2 heterocycles. The molecule has 3 aromatic rings. The number of carboxylic acids is 1. The summed E-state index contributed by atoms with van der Waals surface area (Å²) in [4.78, 5) is 18.2. The zero-order chi connectivity index (χ0) is 18.8. The summed E-state index contributed by atoms with van der Waals surface area (Å²) < 4.78 is 6.40. The maximum atomic E-state index is 11.7. The van der Waals surface area contributed by atoms with Crippen LogP contribution < -0.4 is 0 Å². The van der Waals surface area contributed by atoms with Crippen molar-refractivity contribution in [2.45, 2.75) is 25.4 Å². The third-order valence-corrected chi connectivity index (χ3v) is 5.18. The van der Waals surface area contributed by atoms with Crippen LogP contribution in [0.1, 0.15) is 34.3 Å². The van der Waals surface area contributed by atoms with Gasteiger partial charge in [0.2, 0.25) is 5.89 Å². The normalized spacial score (nSPS) is 16.9. The van der Waals surface area contributed by atoms with E-state index in [-0.39, 0.29) is 0 Å². The molecule has 0 aliphatic carbocycles. The van der Waals surface area contributed by atoms with Gasteiger partial charge in [0.1, 0.15) is 0 Å². The topological polar surface area (TPSA) is 79.5 Å². The zero-order valence-corrected chi connectivity index (χ0v) is 16.1. The van der Waals surface area contributed by atoms with Crippen LogP contribution in [-0.2, 0) is 24.3 Å². The fraction of sp³-hybridized carbons (Fsp3) is 0.250. The van der Waals surface area contributed by atoms with Crippen LogP contribution in [0.4, 0.5) is 0 Å². The minimum absolute atomic E-state index is 0.426. The molecule has 1 aromatic heterocycles. The van der Waals surface area contributed by atoms with E-state index in [4.69, 9.17) is 4.52 Å². The molecule has 1 N–H and O–H groups in total. The second-order valence-corrected chi connectivity index (χ2v) is 7.59. The van der Waals surface area contributed by atoms with Gasteiger partial charge in [-0.05, 0) is 28.8 Å². The Morgan fingerprint density at radius 1 is 1.26 bits per heavy atom. The van der Waals surface area contributed by atoms with Gasteiger partial charge in [-0.3, -0.25) is 9.69 Å². The second kappa shape index (κ2) is 7.62. The lowest BCUT2D eigenvalue weighted by Gasteiger charge is -2.31. The van der Waals surface area contributed by atoms with Crippen molar-refractivity contribution in [3.8, 4) is 0 Å². The van der Waals surface area contributed by atoms with E-state index >= 15 is 0 Å². The van der Waals surface area contributed by atoms with Crippen molar-refractivity contribution in [3.05, 3.63) is 81.4 Å². The molecule has 1 aliphatic heterocycles. The van der Waals surface area contributed by atoms with Crippen molar-refractivity contribution in [3.63, 3.8) is 0 Å². The Morgan fingerprint density at radius 2 is 2.11 bits per heavy atom. The molecule has 2 aromatic carbocycles. The smallest absolute Gasteiger partial charge is 0.312 e. The third-order valence-electron chi connectivity index (χ3n) is 4.68. The first-order valence-electron chi connectivity index (χ1n) is 8.67. The van der Waals surface area contributed by atoms with Crippen LogP contribution in [-0.4, -0.2) is 32.7 Å². The number of nitrogens with zero attached hydrogens (tertiary/aromatic N) is 3. The highest BCUT2D eigenvalue weighted by atomic mass is 79.9. The van der Waals surface area contributed by atoms with Crippen LogP contribution >= 0.6 is 15.9 Å². The highest BCUT2D eigenvalue weighted by Gasteiger charge is 2.30. The van der Waals surface area contributed by atoms with E-state index < -0.39 is 11.9 Å². The Labute approximate surface area is 164 Å². The zero-order valence-electron chi connectivity index (χ0n) is 14.5. The summed E-state index contributed by atoms with van der Waals surface area (Å²) in [7, 11) is 0. The van der Waals surface area contributed by atoms with Gasteiger partial charge in [-0.25, -0.2) is 0 Å². The van der Waals surface area contributed by atoms with Crippen LogP contribution in [0, 0.1) is 0 Å². The Morgan fingerprint density at radius 3 is 2.93 bits per heavy atom. The van der Waals surface area contributed by atoms with Gasteiger partial charge in [-0.2, -0.15) is 4.98 Å². The van der Waals surface area contributed by atoms with E-state index in [9.17, 15) is 9.90 Å². The lowest BCUT2D eigenvalue weighted by Crippen LogP contribution is -2.36. The van der Waals surface area contributed by atoms with Gasteiger partial charge in [-0.15, -0.1) is 0 Å². The van der Waals surface area contributed by atoms with Crippen molar-refractivity contribution < 1.29 is 14.4 Å². The van der Waals surface area contributed by atoms with E-state index in [0.29, 0.717) is 37.8 Å². The molecule has 7 heteroatoms. The van der Waals surface area contributed by atoms with Crippen molar-refractivity contribution in [2.75, 3.05) is 6.54 Å². The summed E-state index contributed by atoms with van der Waals surface area (Å²) in [5.41, 5.74) is 3.02. The number of fused-ring (bicyclic) bond motifs is 1. The average Bonchev–Trinajstić information content (AvgIpc) is 3.07. The van der Waals surface area contributed by atoms with Crippen LogP contribution in [0.25, 0.3) is 0 Å². The number of hydrogen-bond donors (Lipinski definition) is 1. The highest BCUT2D eigenvalue weighted by Crippen LogP contribution is 2.29. The summed E-state index contributed by atoms with van der Waals surface area (Å²) in [5, 5.41) is 13.6. The predicted molar refractivity (Wildman–Crippen MR) is 102 cm³/mol. The highest BCUT2D eigenvalue weighted by molar-refractivity contribution is 9.10. The van der Waals surface area contributed by atoms with E-state index in [1.807, 2.05) is 53.4 Å². The molecule has 6 nitrogen and oxygen atoms in total. The summed E-state index contributed by atoms with van der Waals surface area (Å²) in [6.45, 7) is 1.53. The molecule has 4 rings (SSSR count). The monoisotopic (exact) mass is 427 g/mol. The first-order chi connectivity index (χ1) is 13.1. The molecule has 0 bridgehead atoms. The Hall–Kier alpha value is -2.51. The standard InChI is InChI=1S/C20H18BrN3O3/c21-15-6-3-4-13(8-15)9-18-22-19(27-23-18)12-24-10-14-5-1-2-7-16(14)17(11-24)20(25)26/h1-8,17H,9-12H2,(H,25,26). The first kappa shape index (κ1) is 17.9. The maximum absolute atomic E-state index is 11.7. The van der Waals surface area contributed by atoms with Gasteiger partial charge in [0, 0.05) is 24.0 Å². The predicted octanol–water partition coefficient (Wildman–Crippen LogP) is 3.61. The number of carboxylic acid groups (broad SMARTS) is 1. The molecular weight excluding hydrogens is 410 g/mol. The molecule has 0 saturated heterocycles. The quantitative estimate of drug-likeness (QED) is 0.669. The average molecular weight is 428 g/mol. The Balaban J connectivity index is 1.47. The number of rotatable bonds is 5. The van der Waals surface area contributed by atoms with Gasteiger partial charge < -0.3 is 9.63 Å². The van der Waals surface area contributed by atoms with E-state index in [0.717, 1.165) is 21.2 Å². The summed E-state index contributed by atoms with van der Waals surface area (Å²) in [6, 6.07) is 15.7. The van der Waals surface area contributed by atoms with Crippen LogP contribution in [0.5, 0.6) is 0 Å². The fourth-order valence-electron chi connectivity index (χ4n) is 3.46. The van der Waals surface area contributed by atoms with Gasteiger partial charge in [-0.1, -0.05) is 57.5 Å². The molecule has 0 amide bonds. The number of aliphatic carboxylic acids is 1. The minimum atomic E-state index is -0.812. The summed E-state index contributed by atoms with van der Waals surface area (Å²) in [5.74, 6) is -0.231. The molecule has 1 unspecified atom stereocenters. The fourth-order valence-corrected chi connectivity index (χ4v) is 3.91. The molecule has 0 radical (unpaired) electrons. The Kier molecular flexibility index (Phi) is 5.05. The molecule has 27 heavy (non-hydrogen) atoms. The first-order valence-corrected chi connectivity index (χ1v) is 9.46. The van der Waals surface area contributed by atoms with Crippen molar-refractivity contribution in [1.29, 1.82) is 0 Å². The van der Waals surface area contributed by atoms with E-state index in [1.54, 1.807) is 0 Å². The lowest BCUT2D eigenvalue weighted by atomic mass is 9.90. The van der Waals surface area contributed by atoms with Crippen molar-refractivity contribution in [2.24, 2.45) is 0 Å². The van der Waals surface area contributed by atoms with Gasteiger partial charge >= 0.3 is 5.97 Å². The number of halogens is 1. The molecule has 0 spiro atoms. The molecule has 1 aliphatic rings. The number of benzene rings is 2. The number of aromatic nitrogens is 2. The van der Waals surface area contributed by atoms with Crippen LogP contribution in [0.2, 0.25) is 0 Å². The SMILES string of the molecule is O=C(O)C1CN(Cc2nc(Cc3cccc(Br)c3)no2)Cc2ccccc21. The van der Waals surface area contributed by atoms with Crippen molar-refractivity contribution >= 4 is 21.9 Å². The van der Waals surface area contributed by atoms with Crippen LogP contribution in [0.15, 0.2) is 57.5 Å². The molecule has 1 atom stereocenters. The van der Waals surface area contributed by atoms with E-state index in [2.05, 4.69) is 26.1 Å².